The van der Waals surface area contributed by atoms with E-state index < -0.39 is 5.97 Å². The number of allylic oxidation sites excluding steroid dienone is 2. The van der Waals surface area contributed by atoms with Crippen LogP contribution in [0.1, 0.15) is 36.1 Å². The molecule has 1 amide bonds. The zero-order valence-electron chi connectivity index (χ0n) is 11.1. The van der Waals surface area contributed by atoms with Crippen molar-refractivity contribution in [3.05, 3.63) is 35.8 Å². The van der Waals surface area contributed by atoms with Gasteiger partial charge >= 0.3 is 5.97 Å². The third-order valence-electron chi connectivity index (χ3n) is 3.32. The van der Waals surface area contributed by atoms with Crippen LogP contribution in [0.2, 0.25) is 0 Å². The van der Waals surface area contributed by atoms with Crippen molar-refractivity contribution in [2.75, 3.05) is 7.11 Å². The zero-order chi connectivity index (χ0) is 13.9. The first-order valence-corrected chi connectivity index (χ1v) is 6.15. The third-order valence-corrected chi connectivity index (χ3v) is 3.32. The number of ether oxygens (including phenoxy) is 1. The molecule has 0 bridgehead atoms. The predicted molar refractivity (Wildman–Crippen MR) is 68.4 cm³/mol. The highest BCUT2D eigenvalue weighted by atomic mass is 16.5. The Hall–Kier alpha value is -2.04. The van der Waals surface area contributed by atoms with Gasteiger partial charge in [-0.15, -0.1) is 0 Å². The van der Waals surface area contributed by atoms with Gasteiger partial charge in [-0.3, -0.25) is 4.79 Å². The van der Waals surface area contributed by atoms with Gasteiger partial charge in [-0.25, -0.2) is 4.79 Å². The van der Waals surface area contributed by atoms with Crippen molar-refractivity contribution in [3.8, 4) is 0 Å². The Kier molecular flexibility index (Phi) is 3.74. The monoisotopic (exact) mass is 263 g/mol. The molecule has 2 rings (SSSR count). The highest BCUT2D eigenvalue weighted by Gasteiger charge is 2.33. The predicted octanol–water partition coefficient (Wildman–Crippen LogP) is 2.04. The van der Waals surface area contributed by atoms with Crippen LogP contribution in [-0.4, -0.2) is 19.0 Å². The van der Waals surface area contributed by atoms with Crippen LogP contribution in [0.4, 0.5) is 0 Å². The molecule has 0 unspecified atom stereocenters. The molecule has 1 aliphatic rings. The molecular formula is C14H17NO4. The Morgan fingerprint density at radius 1 is 1.37 bits per heavy atom. The SMILES string of the molecule is COC(=O)c1ccc(CNC(=O)C2(C)CC=CC2)o1. The minimum atomic E-state index is -0.524. The molecule has 0 aromatic carbocycles. The van der Waals surface area contributed by atoms with Gasteiger partial charge in [0.05, 0.1) is 19.1 Å². The molecule has 1 aromatic rings. The molecule has 1 heterocycles. The van der Waals surface area contributed by atoms with Crippen LogP contribution < -0.4 is 5.32 Å². The average molecular weight is 263 g/mol. The summed E-state index contributed by atoms with van der Waals surface area (Å²) in [5.41, 5.74) is -0.363. The Morgan fingerprint density at radius 3 is 2.68 bits per heavy atom. The molecule has 0 saturated carbocycles. The molecule has 0 radical (unpaired) electrons. The van der Waals surface area contributed by atoms with E-state index in [2.05, 4.69) is 10.1 Å². The molecule has 0 atom stereocenters. The summed E-state index contributed by atoms with van der Waals surface area (Å²) < 4.78 is 9.82. The van der Waals surface area contributed by atoms with Gasteiger partial charge in [0.25, 0.3) is 0 Å². The quantitative estimate of drug-likeness (QED) is 0.666. The fraction of sp³-hybridized carbons (Fsp3) is 0.429. The van der Waals surface area contributed by atoms with Gasteiger partial charge < -0.3 is 14.5 Å². The molecule has 1 aromatic heterocycles. The Morgan fingerprint density at radius 2 is 2.05 bits per heavy atom. The van der Waals surface area contributed by atoms with Gasteiger partial charge in [-0.2, -0.15) is 0 Å². The maximum absolute atomic E-state index is 12.1. The molecule has 5 nitrogen and oxygen atoms in total. The van der Waals surface area contributed by atoms with E-state index in [9.17, 15) is 9.59 Å². The second-order valence-corrected chi connectivity index (χ2v) is 4.88. The van der Waals surface area contributed by atoms with Gasteiger partial charge in [0.15, 0.2) is 0 Å². The first-order chi connectivity index (χ1) is 9.05. The molecule has 19 heavy (non-hydrogen) atoms. The summed E-state index contributed by atoms with van der Waals surface area (Å²) in [6, 6.07) is 3.19. The van der Waals surface area contributed by atoms with E-state index in [-0.39, 0.29) is 23.6 Å². The summed E-state index contributed by atoms with van der Waals surface area (Å²) in [6.45, 7) is 2.20. The summed E-state index contributed by atoms with van der Waals surface area (Å²) in [4.78, 5) is 23.3. The second kappa shape index (κ2) is 5.30. The first kappa shape index (κ1) is 13.4. The lowest BCUT2D eigenvalue weighted by Crippen LogP contribution is -2.36. The molecule has 5 heteroatoms. The second-order valence-electron chi connectivity index (χ2n) is 4.88. The first-order valence-electron chi connectivity index (χ1n) is 6.15. The van der Waals surface area contributed by atoms with Gasteiger partial charge in [0, 0.05) is 0 Å². The van der Waals surface area contributed by atoms with E-state index in [1.807, 2.05) is 19.1 Å². The number of hydrogen-bond acceptors (Lipinski definition) is 4. The van der Waals surface area contributed by atoms with Crippen molar-refractivity contribution in [1.82, 2.24) is 5.32 Å². The molecule has 102 valence electrons. The molecule has 0 saturated heterocycles. The number of furan rings is 1. The molecule has 1 aliphatic carbocycles. The maximum atomic E-state index is 12.1. The Labute approximate surface area is 111 Å². The summed E-state index contributed by atoms with van der Waals surface area (Å²) in [5, 5.41) is 2.83. The van der Waals surface area contributed by atoms with E-state index in [1.165, 1.54) is 13.2 Å². The van der Waals surface area contributed by atoms with Crippen LogP contribution >= 0.6 is 0 Å². The number of amides is 1. The van der Waals surface area contributed by atoms with Crippen LogP contribution in [0.5, 0.6) is 0 Å². The zero-order valence-corrected chi connectivity index (χ0v) is 11.1. The minimum Gasteiger partial charge on any atom is -0.463 e. The molecule has 0 aliphatic heterocycles. The molecule has 0 fully saturated rings. The van der Waals surface area contributed by atoms with Crippen molar-refractivity contribution in [3.63, 3.8) is 0 Å². The fourth-order valence-corrected chi connectivity index (χ4v) is 2.02. The molecular weight excluding hydrogens is 246 g/mol. The normalized spacial score (nSPS) is 16.3. The standard InChI is InChI=1S/C14H17NO4/c1-14(7-3-4-8-14)13(17)15-9-10-5-6-11(19-10)12(16)18-2/h3-6H,7-9H2,1-2H3,(H,15,17). The lowest BCUT2D eigenvalue weighted by atomic mass is 9.87. The van der Waals surface area contributed by atoms with Crippen molar-refractivity contribution < 1.29 is 18.7 Å². The number of carbonyl (C=O) groups is 2. The number of hydrogen-bond donors (Lipinski definition) is 1. The summed E-state index contributed by atoms with van der Waals surface area (Å²) in [7, 11) is 1.29. The number of carbonyl (C=O) groups excluding carboxylic acids is 2. The summed E-state index contributed by atoms with van der Waals surface area (Å²) in [6.07, 6.45) is 5.54. The maximum Gasteiger partial charge on any atom is 0.373 e. The lowest BCUT2D eigenvalue weighted by Gasteiger charge is -2.21. The van der Waals surface area contributed by atoms with E-state index in [0.717, 1.165) is 12.8 Å². The van der Waals surface area contributed by atoms with Crippen molar-refractivity contribution >= 4 is 11.9 Å². The average Bonchev–Trinajstić information content (AvgIpc) is 3.04. The van der Waals surface area contributed by atoms with Crippen LogP contribution in [0.3, 0.4) is 0 Å². The summed E-state index contributed by atoms with van der Waals surface area (Å²) >= 11 is 0. The number of esters is 1. The molecule has 1 N–H and O–H groups in total. The topological polar surface area (TPSA) is 68.5 Å². The Bertz CT molecular complexity index is 507. The van der Waals surface area contributed by atoms with Crippen LogP contribution in [0, 0.1) is 5.41 Å². The van der Waals surface area contributed by atoms with E-state index >= 15 is 0 Å². The number of rotatable bonds is 4. The van der Waals surface area contributed by atoms with Crippen molar-refractivity contribution in [2.45, 2.75) is 26.3 Å². The van der Waals surface area contributed by atoms with Crippen molar-refractivity contribution in [1.29, 1.82) is 0 Å². The lowest BCUT2D eigenvalue weighted by molar-refractivity contribution is -0.129. The highest BCUT2D eigenvalue weighted by molar-refractivity contribution is 5.86. The van der Waals surface area contributed by atoms with Gasteiger partial charge in [0.1, 0.15) is 5.76 Å². The van der Waals surface area contributed by atoms with Crippen LogP contribution in [0.15, 0.2) is 28.7 Å². The van der Waals surface area contributed by atoms with Crippen LogP contribution in [0.25, 0.3) is 0 Å². The van der Waals surface area contributed by atoms with E-state index in [4.69, 9.17) is 4.42 Å². The van der Waals surface area contributed by atoms with Gasteiger partial charge in [-0.1, -0.05) is 19.1 Å². The fourth-order valence-electron chi connectivity index (χ4n) is 2.02. The molecule has 0 spiro atoms. The Balaban J connectivity index is 1.90. The van der Waals surface area contributed by atoms with Crippen molar-refractivity contribution in [2.24, 2.45) is 5.41 Å². The number of nitrogens with one attached hydrogen (secondary N) is 1. The smallest absolute Gasteiger partial charge is 0.373 e. The van der Waals surface area contributed by atoms with Crippen LogP contribution in [-0.2, 0) is 16.1 Å². The number of methoxy groups -OCH3 is 1. The third kappa shape index (κ3) is 2.86. The van der Waals surface area contributed by atoms with Gasteiger partial charge in [0.2, 0.25) is 11.7 Å². The van der Waals surface area contributed by atoms with E-state index in [0.29, 0.717) is 5.76 Å². The van der Waals surface area contributed by atoms with Gasteiger partial charge in [-0.05, 0) is 25.0 Å². The largest absolute Gasteiger partial charge is 0.463 e. The van der Waals surface area contributed by atoms with E-state index in [1.54, 1.807) is 6.07 Å². The highest BCUT2D eigenvalue weighted by Crippen LogP contribution is 2.32. The minimum absolute atomic E-state index is 0.00600. The summed E-state index contributed by atoms with van der Waals surface area (Å²) in [5.74, 6) is 0.141.